The molecule has 0 aliphatic carbocycles. The highest BCUT2D eigenvalue weighted by Crippen LogP contribution is 2.68. The van der Waals surface area contributed by atoms with E-state index in [1.165, 1.54) is 40.5 Å². The van der Waals surface area contributed by atoms with E-state index in [0.717, 1.165) is 30.3 Å². The summed E-state index contributed by atoms with van der Waals surface area (Å²) in [5, 5.41) is 32.6. The summed E-state index contributed by atoms with van der Waals surface area (Å²) in [4.78, 5) is 99.5. The molecule has 3 aliphatic rings. The number of aliphatic hydroxyl groups is 3. The highest BCUT2D eigenvalue weighted by atomic mass is 31.3. The number of nitrogens with zero attached hydrogens (tertiary/aromatic N) is 8. The lowest BCUT2D eigenvalue weighted by Gasteiger charge is -2.26. The van der Waals surface area contributed by atoms with Gasteiger partial charge in [-0.05, 0) is 6.42 Å². The van der Waals surface area contributed by atoms with Crippen molar-refractivity contribution >= 4 is 65.4 Å². The Morgan fingerprint density at radius 2 is 1.45 bits per heavy atom. The van der Waals surface area contributed by atoms with Crippen LogP contribution in [0, 0.1) is 5.92 Å². The number of hydrogen-bond donors (Lipinski definition) is 11. The Bertz CT molecular complexity index is 3300. The molecule has 37 nitrogen and oxygen atoms in total. The number of nitrogens with two attached hydrogens (primary N) is 2. The zero-order valence-corrected chi connectivity index (χ0v) is 43.1. The number of anilines is 2. The molecule has 16 atom stereocenters. The number of ether oxygens (including phenoxy) is 5. The van der Waals surface area contributed by atoms with E-state index < -0.39 is 148 Å². The molecule has 8 rings (SSSR count). The number of aromatic amines is 2. The number of hydrogen-bond acceptors (Lipinski definition) is 27. The van der Waals surface area contributed by atoms with Crippen molar-refractivity contribution in [1.82, 2.24) is 43.6 Å². The summed E-state index contributed by atoms with van der Waals surface area (Å²) in [6.45, 7) is -2.81. The van der Waals surface area contributed by atoms with Gasteiger partial charge in [-0.15, -0.1) is 0 Å². The number of fused-ring (bicyclic) bond motifs is 2. The van der Waals surface area contributed by atoms with Gasteiger partial charge in [0, 0.05) is 45.4 Å². The molecule has 41 heteroatoms. The van der Waals surface area contributed by atoms with Crippen molar-refractivity contribution in [2.24, 2.45) is 13.0 Å². The van der Waals surface area contributed by atoms with Gasteiger partial charge in [0.05, 0.1) is 45.4 Å². The number of nitrogen functional groups attached to an aromatic ring is 2. The summed E-state index contributed by atoms with van der Waals surface area (Å²) < 4.78 is 115. The molecule has 420 valence electrons. The molecule has 13 N–H and O–H groups in total. The average molecular weight is 1160 g/mol. The molecule has 5 aromatic rings. The zero-order chi connectivity index (χ0) is 55.2. The van der Waals surface area contributed by atoms with Crippen LogP contribution in [0.2, 0.25) is 0 Å². The molecule has 0 radical (unpaired) electrons. The molecule has 0 spiro atoms. The third kappa shape index (κ3) is 12.5. The lowest BCUT2D eigenvalue weighted by atomic mass is 9.95. The fraction of sp³-hybridized carbons (Fsp3) is 0.600. The number of aryl methyl sites for hydroxylation is 1. The highest BCUT2D eigenvalue weighted by molar-refractivity contribution is 7.66. The lowest BCUT2D eigenvalue weighted by Crippen LogP contribution is -2.45. The first-order valence-electron chi connectivity index (χ1n) is 22.1. The summed E-state index contributed by atoms with van der Waals surface area (Å²) >= 11 is 0. The number of rotatable bonds is 23. The summed E-state index contributed by atoms with van der Waals surface area (Å²) in [6, 6.07) is 0.940. The second-order valence-corrected chi connectivity index (χ2v) is 23.0. The first-order chi connectivity index (χ1) is 35.7. The number of phosphoric ester groups is 3. The van der Waals surface area contributed by atoms with Gasteiger partial charge in [0.1, 0.15) is 48.5 Å². The van der Waals surface area contributed by atoms with Gasteiger partial charge in [-0.3, -0.25) is 51.4 Å². The van der Waals surface area contributed by atoms with Crippen molar-refractivity contribution in [3.63, 3.8) is 0 Å². The molecule has 0 bridgehead atoms. The van der Waals surface area contributed by atoms with Gasteiger partial charge in [-0.2, -0.15) is 8.62 Å². The van der Waals surface area contributed by atoms with Crippen molar-refractivity contribution in [2.45, 2.75) is 80.4 Å². The van der Waals surface area contributed by atoms with E-state index in [0.29, 0.717) is 0 Å². The SMILES string of the molecule is COCC[C@H]1[C@@H](O)[C@H]([n+]2cn(C)c3c(=O)[nH]c(N)nc32)O[C@@H]1COP(=O)(O)OP(=O)(O)OP(=O)(O)OCC[C@H]1O[C@@H](n2cnc3c(N)ncnc32)[C@H](OC)[C@@H]1OP(=O)(O)OC[C@H]1O[C@@H](n2ccc(=O)[nH]c2=O)[C@H](O)[C@@H]1O. The molecule has 76 heavy (non-hydrogen) atoms. The Hall–Kier alpha value is -4.62. The number of H-pyrrole nitrogens is 2. The van der Waals surface area contributed by atoms with Crippen molar-refractivity contribution < 1.29 is 108 Å². The first-order valence-corrected chi connectivity index (χ1v) is 28.1. The maximum atomic E-state index is 13.6. The molecular formula is C35H51N12O25P4+. The lowest BCUT2D eigenvalue weighted by molar-refractivity contribution is -0.745. The molecule has 5 aromatic heterocycles. The predicted molar refractivity (Wildman–Crippen MR) is 246 cm³/mol. The molecule has 4 unspecified atom stereocenters. The van der Waals surface area contributed by atoms with Crippen molar-refractivity contribution in [1.29, 1.82) is 0 Å². The van der Waals surface area contributed by atoms with Crippen LogP contribution in [0.5, 0.6) is 0 Å². The maximum absolute atomic E-state index is 13.6. The fourth-order valence-corrected chi connectivity index (χ4v) is 13.2. The van der Waals surface area contributed by atoms with Gasteiger partial charge in [-0.1, -0.05) is 4.98 Å². The molecule has 3 fully saturated rings. The van der Waals surface area contributed by atoms with Crippen LogP contribution in [0.25, 0.3) is 22.3 Å². The van der Waals surface area contributed by atoms with Crippen LogP contribution in [-0.4, -0.2) is 168 Å². The summed E-state index contributed by atoms with van der Waals surface area (Å²) in [5.74, 6) is -1.22. The van der Waals surface area contributed by atoms with Gasteiger partial charge >= 0.3 is 42.6 Å². The van der Waals surface area contributed by atoms with Crippen molar-refractivity contribution in [3.8, 4) is 0 Å². The Balaban J connectivity index is 0.916. The van der Waals surface area contributed by atoms with E-state index in [4.69, 9.17) is 53.2 Å². The van der Waals surface area contributed by atoms with Crippen LogP contribution in [0.15, 0.2) is 45.6 Å². The monoisotopic (exact) mass is 1160 g/mol. The Kier molecular flexibility index (Phi) is 17.1. The van der Waals surface area contributed by atoms with Crippen LogP contribution in [-0.2, 0) is 75.7 Å². The second-order valence-electron chi connectivity index (χ2n) is 17.0. The van der Waals surface area contributed by atoms with E-state index in [1.54, 1.807) is 0 Å². The van der Waals surface area contributed by atoms with Crippen molar-refractivity contribution in [2.75, 3.05) is 52.1 Å². The number of aromatic nitrogens is 10. The van der Waals surface area contributed by atoms with E-state index in [2.05, 4.69) is 33.5 Å². The summed E-state index contributed by atoms with van der Waals surface area (Å²) in [7, 11) is -18.9. The second kappa shape index (κ2) is 22.6. The number of nitrogens with one attached hydrogen (secondary N) is 2. The van der Waals surface area contributed by atoms with Gasteiger partial charge < -0.3 is 70.0 Å². The minimum Gasteiger partial charge on any atom is -0.387 e. The van der Waals surface area contributed by atoms with Gasteiger partial charge in [0.2, 0.25) is 11.7 Å². The Labute approximate surface area is 424 Å². The Morgan fingerprint density at radius 3 is 2.14 bits per heavy atom. The normalized spacial score (nSPS) is 30.1. The molecule has 0 aromatic carbocycles. The topological polar surface area (TPSA) is 516 Å². The van der Waals surface area contributed by atoms with E-state index in [9.17, 15) is 67.5 Å². The quantitative estimate of drug-likeness (QED) is 0.0227. The summed E-state index contributed by atoms with van der Waals surface area (Å²) in [5.41, 5.74) is 9.52. The first kappa shape index (κ1) is 57.6. The van der Waals surface area contributed by atoms with E-state index in [1.807, 2.05) is 4.98 Å². The van der Waals surface area contributed by atoms with Crippen LogP contribution in [0.4, 0.5) is 11.8 Å². The van der Waals surface area contributed by atoms with Crippen LogP contribution >= 0.6 is 31.3 Å². The molecule has 3 saturated heterocycles. The van der Waals surface area contributed by atoms with Gasteiger partial charge in [-0.25, -0.2) is 42.6 Å². The average Bonchev–Trinajstić information content (AvgIpc) is 4.16. The molecule has 3 aliphatic heterocycles. The Morgan fingerprint density at radius 1 is 0.763 bits per heavy atom. The minimum absolute atomic E-state index is 0.000979. The number of imidazole rings is 2. The maximum Gasteiger partial charge on any atom is 0.490 e. The third-order valence-electron chi connectivity index (χ3n) is 12.1. The predicted octanol–water partition coefficient (Wildman–Crippen LogP) is -3.19. The fourth-order valence-electron chi connectivity index (χ4n) is 8.70. The van der Waals surface area contributed by atoms with E-state index in [-0.39, 0.29) is 47.1 Å². The van der Waals surface area contributed by atoms with E-state index >= 15 is 0 Å². The molecule has 0 saturated carbocycles. The molecule has 0 amide bonds. The van der Waals surface area contributed by atoms with Crippen LogP contribution in [0.1, 0.15) is 31.5 Å². The smallest absolute Gasteiger partial charge is 0.387 e. The number of aliphatic hydroxyl groups excluding tert-OH is 3. The van der Waals surface area contributed by atoms with Crippen molar-refractivity contribution in [3.05, 3.63) is 62.4 Å². The zero-order valence-electron chi connectivity index (χ0n) is 39.6. The number of phosphoric acid groups is 4. The largest absolute Gasteiger partial charge is 0.490 e. The highest BCUT2D eigenvalue weighted by Gasteiger charge is 2.53. The number of methoxy groups -OCH3 is 2. The standard InChI is InChI=1S/C35H50N12O25P4/c1-44-14-47(29-21(44)30(52)43-34(37)42-29)31-22(49)15(5-8-62-2)17(68-31)10-66-75(58,59)72-76(60,61)71-74(56,57)64-9-6-16-25(26(63-3)33(67-16)46-13-40-20-27(36)38-12-39-28(20)46)70-73(54,55)65-11-18-23(50)24(51)32(69-18)45-7-4-19(48)41-35(45)53/h4,7,12-18,22-26,31-33,49-51H,5-6,8-11H2,1-3H3,(H9-,36,37,38,39,41,42,43,48,52,53,54,55,56,57,58,59,60,61)/p+1/t15-,16-,17-,18-,22-,23-,24-,25-,26-,31-,32-,33-/m1/s1. The van der Waals surface area contributed by atoms with Crippen LogP contribution in [0.3, 0.4) is 0 Å². The molecular weight excluding hydrogens is 1110 g/mol. The molecule has 8 heterocycles. The third-order valence-corrected chi connectivity index (χ3v) is 17.3. The van der Waals surface area contributed by atoms with Crippen LogP contribution < -0.4 is 32.8 Å². The summed E-state index contributed by atoms with van der Waals surface area (Å²) in [6.07, 6.45) is -12.6. The van der Waals surface area contributed by atoms with Gasteiger partial charge in [0.15, 0.2) is 30.2 Å². The van der Waals surface area contributed by atoms with Gasteiger partial charge in [0.25, 0.3) is 17.1 Å². The minimum atomic E-state index is -6.09.